The monoisotopic (exact) mass is 1640 g/mol. The van der Waals surface area contributed by atoms with Crippen LogP contribution in [0.2, 0.25) is 0 Å². The molecule has 8 nitrogen and oxygen atoms in total. The molecule has 12 heteroatoms. The van der Waals surface area contributed by atoms with Crippen LogP contribution in [0.3, 0.4) is 0 Å². The smallest absolute Gasteiger partial charge is 0.376 e. The van der Waals surface area contributed by atoms with Gasteiger partial charge in [0.05, 0.1) is 28.1 Å². The first-order valence-electron chi connectivity index (χ1n) is 44.8. The Bertz CT molecular complexity index is 7820. The lowest BCUT2D eigenvalue weighted by Gasteiger charge is -2.43. The summed E-state index contributed by atoms with van der Waals surface area (Å²) in [5.41, 5.74) is 47.4. The molecule has 0 saturated carbocycles. The van der Waals surface area contributed by atoms with Crippen molar-refractivity contribution in [2.24, 2.45) is 0 Å². The van der Waals surface area contributed by atoms with Crippen LogP contribution in [0.4, 0.5) is 45.5 Å². The van der Waals surface area contributed by atoms with Gasteiger partial charge in [-0.2, -0.15) is 0 Å². The van der Waals surface area contributed by atoms with Gasteiger partial charge in [-0.3, -0.25) is 0 Å². The predicted octanol–water partition coefficient (Wildman–Crippen LogP) is 22.2. The van der Waals surface area contributed by atoms with E-state index in [4.69, 9.17) is 0 Å². The van der Waals surface area contributed by atoms with Gasteiger partial charge >= 0.3 is 27.4 Å². The third-order valence-electron chi connectivity index (χ3n) is 27.6. The van der Waals surface area contributed by atoms with E-state index < -0.39 is 0 Å². The largest absolute Gasteiger partial charge is 0.414 e. The van der Waals surface area contributed by atoms with Crippen molar-refractivity contribution in [1.29, 1.82) is 0 Å². The van der Waals surface area contributed by atoms with Crippen LogP contribution in [0, 0.1) is 0 Å². The molecule has 598 valence electrons. The summed E-state index contributed by atoms with van der Waals surface area (Å²) in [6.45, 7) is 0.509. The van der Waals surface area contributed by atoms with E-state index in [1.807, 2.05) is 0 Å². The summed E-state index contributed by atoms with van der Waals surface area (Å²) >= 11 is 0. The summed E-state index contributed by atoms with van der Waals surface area (Å²) in [5.74, 6) is 0. The van der Waals surface area contributed by atoms with E-state index in [2.05, 4.69) is 517 Å². The second-order valence-corrected chi connectivity index (χ2v) is 34.3. The first-order chi connectivity index (χ1) is 64.1. The Morgan fingerprint density at radius 3 is 0.992 bits per heavy atom. The molecule has 0 fully saturated rings. The molecule has 21 aromatic rings. The summed E-state index contributed by atoms with van der Waals surface area (Å²) in [7, 11) is 0. The van der Waals surface area contributed by atoms with Crippen LogP contribution in [0.1, 0.15) is 0 Å². The Hall–Kier alpha value is -16.6. The molecular formula is C117H79B4N8+. The van der Waals surface area contributed by atoms with E-state index in [0.717, 1.165) is 5.69 Å². The van der Waals surface area contributed by atoms with Crippen molar-refractivity contribution < 1.29 is 4.68 Å². The van der Waals surface area contributed by atoms with E-state index in [9.17, 15) is 0 Å². The van der Waals surface area contributed by atoms with Gasteiger partial charge in [0.25, 0.3) is 5.69 Å². The molecule has 0 radical (unpaired) electrons. The number of fused-ring (bicyclic) bond motifs is 46. The van der Waals surface area contributed by atoms with E-state index in [0.29, 0.717) is 0 Å². The molecule has 0 saturated heterocycles. The van der Waals surface area contributed by atoms with Crippen LogP contribution in [0.5, 0.6) is 0 Å². The van der Waals surface area contributed by atoms with E-state index in [-0.39, 0.29) is 27.4 Å². The minimum absolute atomic E-state index is 0.0610. The van der Waals surface area contributed by atoms with E-state index in [1.165, 1.54) is 207 Å². The molecule has 0 N–H and O–H groups in total. The van der Waals surface area contributed by atoms with Crippen molar-refractivity contribution in [3.8, 4) is 112 Å². The highest BCUT2D eigenvalue weighted by molar-refractivity contribution is 6.94. The summed E-state index contributed by atoms with van der Waals surface area (Å²) < 4.78 is 9.47. The van der Waals surface area contributed by atoms with Crippen LogP contribution in [-0.2, 0) is 0 Å². The SMILES string of the molecule is c1ccc(-c2ccc3c(c2)-c2ccccc2B2c4ccccc4-c4ccccc4N23)cc1.c1ccc(-c2ccc3c(c2)B2c4cc(-c5ccccc5)ccc4-c4ccccc4N2c2ccccc2-3)cc1.c1ccc(-n2c3ccccc3c3[n+]2-c2ccccc2N2B3c3ccccc3-c3ccccc32)cc1.c1ccc2c(c1)N1B(c3cccn3-2)c2cccn2-c2ccccc21. The Labute approximate surface area is 751 Å². The maximum absolute atomic E-state index is 2.57. The molecule has 18 aromatic carbocycles. The zero-order chi connectivity index (χ0) is 84.7. The lowest BCUT2D eigenvalue weighted by Crippen LogP contribution is -2.71. The van der Waals surface area contributed by atoms with Gasteiger partial charge < -0.3 is 28.4 Å². The van der Waals surface area contributed by atoms with Crippen molar-refractivity contribution in [3.05, 3.63) is 480 Å². The number of hydrogen-bond acceptors (Lipinski definition) is 4. The zero-order valence-corrected chi connectivity index (χ0v) is 70.5. The summed E-state index contributed by atoms with van der Waals surface area (Å²) in [5, 5.41) is 1.27. The van der Waals surface area contributed by atoms with Gasteiger partial charge in [0.2, 0.25) is 5.59 Å². The summed E-state index contributed by atoms with van der Waals surface area (Å²) in [4.78, 5) is 10.1. The molecule has 3 aromatic heterocycles. The van der Waals surface area contributed by atoms with Crippen molar-refractivity contribution in [2.45, 2.75) is 0 Å². The average Bonchev–Trinajstić information content (AvgIpc) is 1.57. The fraction of sp³-hybridized carbons (Fsp3) is 0. The number of benzene rings is 18. The molecule has 8 aliphatic heterocycles. The summed E-state index contributed by atoms with van der Waals surface area (Å²) in [6, 6.07) is 170. The van der Waals surface area contributed by atoms with Gasteiger partial charge in [0, 0.05) is 85.9 Å². The fourth-order valence-electron chi connectivity index (χ4n) is 22.2. The van der Waals surface area contributed by atoms with E-state index in [1.54, 1.807) is 0 Å². The number of nitrogens with zero attached hydrogens (tertiary/aromatic N) is 8. The van der Waals surface area contributed by atoms with Crippen molar-refractivity contribution in [1.82, 2.24) is 13.8 Å². The van der Waals surface area contributed by atoms with Crippen LogP contribution in [-0.4, -0.2) is 41.2 Å². The Morgan fingerprint density at radius 2 is 0.512 bits per heavy atom. The van der Waals surface area contributed by atoms with Gasteiger partial charge in [-0.05, 0) is 204 Å². The maximum atomic E-state index is 2.57. The van der Waals surface area contributed by atoms with Crippen molar-refractivity contribution in [2.75, 3.05) is 19.2 Å². The molecule has 0 bridgehead atoms. The number of anilines is 8. The molecule has 8 aliphatic rings. The van der Waals surface area contributed by atoms with Crippen molar-refractivity contribution >= 4 is 128 Å². The molecule has 29 rings (SSSR count). The highest BCUT2D eigenvalue weighted by Gasteiger charge is 2.53. The molecule has 0 amide bonds. The topological polar surface area (TPSA) is 31.6 Å². The first-order valence-corrected chi connectivity index (χ1v) is 44.8. The third kappa shape index (κ3) is 11.6. The third-order valence-corrected chi connectivity index (χ3v) is 27.6. The maximum Gasteiger partial charge on any atom is 0.414 e. The molecule has 0 atom stereocenters. The number of aromatic nitrogens is 4. The average molecular weight is 1640 g/mol. The highest BCUT2D eigenvalue weighted by atomic mass is 15.4. The molecule has 129 heavy (non-hydrogen) atoms. The Balaban J connectivity index is 0.0000000918. The van der Waals surface area contributed by atoms with Crippen molar-refractivity contribution in [3.63, 3.8) is 0 Å². The zero-order valence-electron chi connectivity index (χ0n) is 70.5. The van der Waals surface area contributed by atoms with Gasteiger partial charge in [-0.25, -0.2) is 0 Å². The van der Waals surface area contributed by atoms with Gasteiger partial charge in [-0.15, -0.1) is 4.68 Å². The van der Waals surface area contributed by atoms with E-state index >= 15 is 0 Å². The molecule has 0 aliphatic carbocycles. The molecule has 0 unspecified atom stereocenters. The van der Waals surface area contributed by atoms with Crippen LogP contribution >= 0.6 is 0 Å². The van der Waals surface area contributed by atoms with Gasteiger partial charge in [0.15, 0.2) is 0 Å². The second-order valence-electron chi connectivity index (χ2n) is 34.3. The number of hydrogen-bond donors (Lipinski definition) is 0. The Morgan fingerprint density at radius 1 is 0.186 bits per heavy atom. The number of rotatable bonds is 4. The Kier molecular flexibility index (Phi) is 17.3. The first kappa shape index (κ1) is 73.9. The minimum atomic E-state index is 0.0610. The van der Waals surface area contributed by atoms with Crippen LogP contribution in [0.25, 0.3) is 123 Å². The molecule has 0 spiro atoms. The fourth-order valence-corrected chi connectivity index (χ4v) is 22.2. The number of para-hydroxylation sites is 12. The van der Waals surface area contributed by atoms with Gasteiger partial charge in [0.1, 0.15) is 16.9 Å². The second kappa shape index (κ2) is 30.1. The van der Waals surface area contributed by atoms with Gasteiger partial charge in [-0.1, -0.05) is 350 Å². The standard InChI is InChI=1S/C36H24BN.C31H21BN3.C30H20BN.C20H14BN3/c1-3-11-25(12-4-1)27-19-21-29-31-15-7-9-17-35(31)38-36-18-10-8-16-32(36)30-22-20-28(26-13-5-2-6-14-26)24-34(30)37(38)33(29)23-27;1-2-12-22(13-3-1)34-28-19-9-6-16-25(28)31-32-26-17-7-4-14-23(26)24-15-5-8-18-27(24)33(32)29-20-10-11-21-30(29)35(31)34;1-2-10-21(11-3-1)22-18-19-30-26(20-22)24-13-5-8-16-28(24)31-27-15-7-4-12-23(27)25-14-6-9-17-29(25)32(30)31;1-3-9-17-15(7-1)22-13-5-11-19(22)21-20-12-6-14-23(20)16-8-2-4-10-18(16)24(17)21/h1-24H;1-21H;1-20H;1-14H/q;+1;;. The van der Waals surface area contributed by atoms with Crippen LogP contribution in [0.15, 0.2) is 480 Å². The molecule has 11 heterocycles. The quantitative estimate of drug-likeness (QED) is 0.130. The summed E-state index contributed by atoms with van der Waals surface area (Å²) in [6.07, 6.45) is 4.33. The normalized spacial score (nSPS) is 13.0. The predicted molar refractivity (Wildman–Crippen MR) is 541 cm³/mol. The van der Waals surface area contributed by atoms with Crippen LogP contribution < -0.4 is 68.0 Å². The lowest BCUT2D eigenvalue weighted by atomic mass is 9.43. The minimum Gasteiger partial charge on any atom is -0.376 e. The highest BCUT2D eigenvalue weighted by Crippen LogP contribution is 2.51. The lowest BCUT2D eigenvalue weighted by molar-refractivity contribution is -0.655. The molecular weight excluding hydrogens is 1560 g/mol.